The number of morpholine rings is 1. The van der Waals surface area contributed by atoms with Crippen LogP contribution in [0.3, 0.4) is 0 Å². The first kappa shape index (κ1) is 8.97. The standard InChI is InChI=1S/C8H17NO2/c1-4-7-8(2,10-3)11-6-5-9-7/h7,9H,4-6H2,1-3H3. The molecular formula is C8H17NO2. The number of nitrogens with one attached hydrogen (secondary N) is 1. The van der Waals surface area contributed by atoms with Crippen LogP contribution in [0.1, 0.15) is 20.3 Å². The number of ether oxygens (including phenoxy) is 2. The van der Waals surface area contributed by atoms with Gasteiger partial charge in [0.25, 0.3) is 0 Å². The van der Waals surface area contributed by atoms with Crippen molar-refractivity contribution in [2.24, 2.45) is 0 Å². The van der Waals surface area contributed by atoms with Crippen molar-refractivity contribution in [3.63, 3.8) is 0 Å². The molecule has 0 saturated carbocycles. The lowest BCUT2D eigenvalue weighted by molar-refractivity contribution is -0.243. The fourth-order valence-corrected chi connectivity index (χ4v) is 1.49. The van der Waals surface area contributed by atoms with Gasteiger partial charge in [-0.25, -0.2) is 0 Å². The molecule has 0 aliphatic carbocycles. The lowest BCUT2D eigenvalue weighted by atomic mass is 10.0. The molecule has 1 heterocycles. The van der Waals surface area contributed by atoms with E-state index in [4.69, 9.17) is 9.47 Å². The first-order valence-electron chi connectivity index (χ1n) is 4.15. The van der Waals surface area contributed by atoms with Crippen molar-refractivity contribution in [1.29, 1.82) is 0 Å². The zero-order valence-corrected chi connectivity index (χ0v) is 7.52. The summed E-state index contributed by atoms with van der Waals surface area (Å²) < 4.78 is 10.8. The minimum absolute atomic E-state index is 0.321. The van der Waals surface area contributed by atoms with Crippen LogP contribution < -0.4 is 5.32 Å². The lowest BCUT2D eigenvalue weighted by Crippen LogP contribution is -2.57. The zero-order valence-electron chi connectivity index (χ0n) is 7.52. The normalized spacial score (nSPS) is 39.0. The van der Waals surface area contributed by atoms with Crippen LogP contribution in [0, 0.1) is 0 Å². The highest BCUT2D eigenvalue weighted by Crippen LogP contribution is 2.21. The average Bonchev–Trinajstić information content (AvgIpc) is 2.05. The van der Waals surface area contributed by atoms with Crippen molar-refractivity contribution in [3.05, 3.63) is 0 Å². The first-order chi connectivity index (χ1) is 5.23. The molecule has 0 bridgehead atoms. The minimum Gasteiger partial charge on any atom is -0.352 e. The smallest absolute Gasteiger partial charge is 0.180 e. The van der Waals surface area contributed by atoms with Gasteiger partial charge in [-0.1, -0.05) is 6.92 Å². The largest absolute Gasteiger partial charge is 0.352 e. The fraction of sp³-hybridized carbons (Fsp3) is 1.00. The second-order valence-corrected chi connectivity index (χ2v) is 2.98. The molecule has 2 unspecified atom stereocenters. The van der Waals surface area contributed by atoms with Gasteiger partial charge in [-0.05, 0) is 13.3 Å². The predicted molar refractivity (Wildman–Crippen MR) is 43.4 cm³/mol. The summed E-state index contributed by atoms with van der Waals surface area (Å²) in [5.74, 6) is -0.424. The van der Waals surface area contributed by atoms with Crippen LogP contribution in [-0.2, 0) is 9.47 Å². The third-order valence-electron chi connectivity index (χ3n) is 2.33. The van der Waals surface area contributed by atoms with Gasteiger partial charge < -0.3 is 14.8 Å². The van der Waals surface area contributed by atoms with Crippen molar-refractivity contribution >= 4 is 0 Å². The van der Waals surface area contributed by atoms with Gasteiger partial charge in [-0.3, -0.25) is 0 Å². The van der Waals surface area contributed by atoms with Crippen LogP contribution in [0.4, 0.5) is 0 Å². The van der Waals surface area contributed by atoms with E-state index in [1.807, 2.05) is 6.92 Å². The van der Waals surface area contributed by atoms with Crippen LogP contribution >= 0.6 is 0 Å². The molecule has 1 N–H and O–H groups in total. The Bertz CT molecular complexity index is 129. The molecule has 11 heavy (non-hydrogen) atoms. The molecule has 1 rings (SSSR count). The lowest BCUT2D eigenvalue weighted by Gasteiger charge is -2.40. The van der Waals surface area contributed by atoms with E-state index in [0.29, 0.717) is 6.04 Å². The van der Waals surface area contributed by atoms with Gasteiger partial charge in [0, 0.05) is 13.7 Å². The molecule has 66 valence electrons. The van der Waals surface area contributed by atoms with Gasteiger partial charge in [-0.15, -0.1) is 0 Å². The van der Waals surface area contributed by atoms with Gasteiger partial charge in [0.1, 0.15) is 0 Å². The SMILES string of the molecule is CCC1NCCOC1(C)OC. The molecule has 0 aromatic heterocycles. The highest BCUT2D eigenvalue weighted by Gasteiger charge is 2.36. The molecule has 0 amide bonds. The van der Waals surface area contributed by atoms with Crippen molar-refractivity contribution < 1.29 is 9.47 Å². The van der Waals surface area contributed by atoms with E-state index in [-0.39, 0.29) is 0 Å². The molecule has 2 atom stereocenters. The second kappa shape index (κ2) is 3.52. The minimum atomic E-state index is -0.424. The number of rotatable bonds is 2. The molecule has 3 nitrogen and oxygen atoms in total. The van der Waals surface area contributed by atoms with E-state index in [1.54, 1.807) is 7.11 Å². The Hall–Kier alpha value is -0.120. The van der Waals surface area contributed by atoms with Crippen molar-refractivity contribution in [2.75, 3.05) is 20.3 Å². The number of hydrogen-bond acceptors (Lipinski definition) is 3. The quantitative estimate of drug-likeness (QED) is 0.645. The Morgan fingerprint density at radius 2 is 2.45 bits per heavy atom. The van der Waals surface area contributed by atoms with Crippen LogP contribution in [-0.4, -0.2) is 32.1 Å². The molecule has 0 radical (unpaired) electrons. The summed E-state index contributed by atoms with van der Waals surface area (Å²) in [4.78, 5) is 0. The van der Waals surface area contributed by atoms with Crippen LogP contribution in [0.15, 0.2) is 0 Å². The molecular weight excluding hydrogens is 142 g/mol. The molecule has 0 spiro atoms. The average molecular weight is 159 g/mol. The summed E-state index contributed by atoms with van der Waals surface area (Å²) >= 11 is 0. The molecule has 0 aromatic rings. The molecule has 0 aromatic carbocycles. The van der Waals surface area contributed by atoms with E-state index >= 15 is 0 Å². The summed E-state index contributed by atoms with van der Waals surface area (Å²) in [5.41, 5.74) is 0. The number of hydrogen-bond donors (Lipinski definition) is 1. The topological polar surface area (TPSA) is 30.5 Å². The number of methoxy groups -OCH3 is 1. The van der Waals surface area contributed by atoms with E-state index in [1.165, 1.54) is 0 Å². The van der Waals surface area contributed by atoms with Gasteiger partial charge in [0.05, 0.1) is 12.6 Å². The van der Waals surface area contributed by atoms with Crippen molar-refractivity contribution in [2.45, 2.75) is 32.1 Å². The second-order valence-electron chi connectivity index (χ2n) is 2.98. The third-order valence-corrected chi connectivity index (χ3v) is 2.33. The van der Waals surface area contributed by atoms with E-state index in [2.05, 4.69) is 12.2 Å². The maximum absolute atomic E-state index is 5.53. The van der Waals surface area contributed by atoms with E-state index in [0.717, 1.165) is 19.6 Å². The van der Waals surface area contributed by atoms with Gasteiger partial charge in [-0.2, -0.15) is 0 Å². The maximum Gasteiger partial charge on any atom is 0.180 e. The Labute approximate surface area is 68.1 Å². The van der Waals surface area contributed by atoms with Crippen molar-refractivity contribution in [1.82, 2.24) is 5.32 Å². The summed E-state index contributed by atoms with van der Waals surface area (Å²) in [5, 5.41) is 3.36. The van der Waals surface area contributed by atoms with Gasteiger partial charge in [0.15, 0.2) is 5.79 Å². The van der Waals surface area contributed by atoms with Crippen LogP contribution in [0.25, 0.3) is 0 Å². The summed E-state index contributed by atoms with van der Waals surface area (Å²) in [6.07, 6.45) is 1.03. The summed E-state index contributed by atoms with van der Waals surface area (Å²) in [6.45, 7) is 5.77. The zero-order chi connectivity index (χ0) is 8.32. The molecule has 1 aliphatic rings. The van der Waals surface area contributed by atoms with Gasteiger partial charge in [0.2, 0.25) is 0 Å². The van der Waals surface area contributed by atoms with E-state index < -0.39 is 5.79 Å². The predicted octanol–water partition coefficient (Wildman–Crippen LogP) is 0.747. The van der Waals surface area contributed by atoms with Crippen LogP contribution in [0.2, 0.25) is 0 Å². The van der Waals surface area contributed by atoms with Gasteiger partial charge >= 0.3 is 0 Å². The maximum atomic E-state index is 5.53. The Morgan fingerprint density at radius 1 is 1.73 bits per heavy atom. The van der Waals surface area contributed by atoms with E-state index in [9.17, 15) is 0 Å². The summed E-state index contributed by atoms with van der Waals surface area (Å²) in [7, 11) is 1.69. The fourth-order valence-electron chi connectivity index (χ4n) is 1.49. The van der Waals surface area contributed by atoms with Crippen LogP contribution in [0.5, 0.6) is 0 Å². The molecule has 1 fully saturated rings. The molecule has 1 aliphatic heterocycles. The monoisotopic (exact) mass is 159 g/mol. The molecule has 3 heteroatoms. The summed E-state index contributed by atoms with van der Waals surface area (Å²) in [6, 6.07) is 0.321. The Kier molecular flexibility index (Phi) is 2.87. The Morgan fingerprint density at radius 3 is 2.91 bits per heavy atom. The van der Waals surface area contributed by atoms with Crippen molar-refractivity contribution in [3.8, 4) is 0 Å². The first-order valence-corrected chi connectivity index (χ1v) is 4.15. The third kappa shape index (κ3) is 1.72. The highest BCUT2D eigenvalue weighted by molar-refractivity contribution is 4.83. The Balaban J connectivity index is 2.57. The molecule has 1 saturated heterocycles. The highest BCUT2D eigenvalue weighted by atomic mass is 16.7.